The average Bonchev–Trinajstić information content (AvgIpc) is 3.39. The van der Waals surface area contributed by atoms with Crippen molar-refractivity contribution in [3.8, 4) is 11.4 Å². The number of anilines is 2. The van der Waals surface area contributed by atoms with Gasteiger partial charge in [0.1, 0.15) is 5.69 Å². The molecule has 1 heterocycles. The summed E-state index contributed by atoms with van der Waals surface area (Å²) in [5.41, 5.74) is 1.56. The summed E-state index contributed by atoms with van der Waals surface area (Å²) in [6.07, 6.45) is 1.98. The zero-order valence-electron chi connectivity index (χ0n) is 15.0. The maximum Gasteiger partial charge on any atom is 0.293 e. The van der Waals surface area contributed by atoms with Gasteiger partial charge in [-0.2, -0.15) is 4.98 Å². The Hall–Kier alpha value is -3.75. The second-order valence-electron chi connectivity index (χ2n) is 6.54. The van der Waals surface area contributed by atoms with Crippen molar-refractivity contribution in [1.82, 2.24) is 10.1 Å². The lowest BCUT2D eigenvalue weighted by Crippen LogP contribution is -2.14. The van der Waals surface area contributed by atoms with Crippen molar-refractivity contribution in [1.29, 1.82) is 0 Å². The van der Waals surface area contributed by atoms with Crippen LogP contribution in [0.3, 0.4) is 0 Å². The van der Waals surface area contributed by atoms with Gasteiger partial charge in [0.2, 0.25) is 11.7 Å². The highest BCUT2D eigenvalue weighted by Crippen LogP contribution is 2.32. The first-order valence-corrected chi connectivity index (χ1v) is 8.77. The van der Waals surface area contributed by atoms with E-state index in [1.54, 1.807) is 43.3 Å². The highest BCUT2D eigenvalue weighted by molar-refractivity contribution is 6.06. The van der Waals surface area contributed by atoms with Crippen molar-refractivity contribution < 1.29 is 14.2 Å². The second kappa shape index (κ2) is 7.10. The minimum Gasteiger partial charge on any atom is -0.377 e. The zero-order valence-corrected chi connectivity index (χ0v) is 15.0. The maximum atomic E-state index is 12.7. The molecule has 9 nitrogen and oxygen atoms in total. The van der Waals surface area contributed by atoms with Crippen molar-refractivity contribution in [2.24, 2.45) is 0 Å². The van der Waals surface area contributed by atoms with E-state index in [0.29, 0.717) is 28.7 Å². The SMILES string of the molecule is Cc1nc(-c2ccccc2NC(=O)c2ccc(NC3CC3)c([N+](=O)[O-])c2)no1. The van der Waals surface area contributed by atoms with E-state index in [9.17, 15) is 14.9 Å². The van der Waals surface area contributed by atoms with E-state index in [1.165, 1.54) is 6.07 Å². The van der Waals surface area contributed by atoms with Gasteiger partial charge in [0.15, 0.2) is 0 Å². The standard InChI is InChI=1S/C19H17N5O4/c1-11-20-18(23-28-11)14-4-2-3-5-15(14)22-19(25)12-6-9-16(21-13-7-8-13)17(10-12)24(26)27/h2-6,9-10,13,21H,7-8H2,1H3,(H,22,25). The molecule has 142 valence electrons. The molecule has 0 atom stereocenters. The predicted molar refractivity (Wildman–Crippen MR) is 102 cm³/mol. The summed E-state index contributed by atoms with van der Waals surface area (Å²) < 4.78 is 5.00. The summed E-state index contributed by atoms with van der Waals surface area (Å²) in [4.78, 5) is 27.8. The van der Waals surface area contributed by atoms with Gasteiger partial charge in [-0.15, -0.1) is 0 Å². The molecule has 1 aliphatic carbocycles. The van der Waals surface area contributed by atoms with Crippen molar-refractivity contribution >= 4 is 23.0 Å². The van der Waals surface area contributed by atoms with Gasteiger partial charge in [-0.05, 0) is 37.1 Å². The fraction of sp³-hybridized carbons (Fsp3) is 0.211. The number of carbonyl (C=O) groups is 1. The van der Waals surface area contributed by atoms with Crippen molar-refractivity contribution in [3.05, 3.63) is 64.0 Å². The van der Waals surface area contributed by atoms with Crippen LogP contribution < -0.4 is 10.6 Å². The highest BCUT2D eigenvalue weighted by Gasteiger charge is 2.25. The molecule has 4 rings (SSSR count). The molecule has 1 aliphatic rings. The fourth-order valence-corrected chi connectivity index (χ4v) is 2.78. The number of amides is 1. The molecule has 2 N–H and O–H groups in total. The van der Waals surface area contributed by atoms with Crippen LogP contribution in [-0.2, 0) is 0 Å². The van der Waals surface area contributed by atoms with Crippen LogP contribution in [-0.4, -0.2) is 27.0 Å². The number of aryl methyl sites for hydroxylation is 1. The first-order valence-electron chi connectivity index (χ1n) is 8.77. The van der Waals surface area contributed by atoms with Crippen LogP contribution in [0.5, 0.6) is 0 Å². The number of nitrogens with zero attached hydrogens (tertiary/aromatic N) is 3. The molecule has 1 aromatic heterocycles. The van der Waals surface area contributed by atoms with E-state index in [4.69, 9.17) is 4.52 Å². The Morgan fingerprint density at radius 3 is 2.68 bits per heavy atom. The fourth-order valence-electron chi connectivity index (χ4n) is 2.78. The van der Waals surface area contributed by atoms with E-state index < -0.39 is 10.8 Å². The molecule has 2 aromatic carbocycles. The molecule has 0 bridgehead atoms. The van der Waals surface area contributed by atoms with Crippen molar-refractivity contribution in [2.75, 3.05) is 10.6 Å². The minimum absolute atomic E-state index is 0.123. The molecule has 1 saturated carbocycles. The quantitative estimate of drug-likeness (QED) is 0.493. The zero-order chi connectivity index (χ0) is 19.7. The summed E-state index contributed by atoms with van der Waals surface area (Å²) in [5, 5.41) is 21.2. The molecule has 0 saturated heterocycles. The number of hydrogen-bond donors (Lipinski definition) is 2. The number of para-hydroxylation sites is 1. The minimum atomic E-state index is -0.489. The van der Waals surface area contributed by atoms with Gasteiger partial charge in [0, 0.05) is 30.2 Å². The number of hydrogen-bond acceptors (Lipinski definition) is 7. The smallest absolute Gasteiger partial charge is 0.293 e. The molecule has 3 aromatic rings. The van der Waals surface area contributed by atoms with Gasteiger partial charge in [-0.1, -0.05) is 17.3 Å². The molecule has 1 fully saturated rings. The molecule has 0 radical (unpaired) electrons. The lowest BCUT2D eigenvalue weighted by atomic mass is 10.1. The summed E-state index contributed by atoms with van der Waals surface area (Å²) in [6.45, 7) is 1.67. The topological polar surface area (TPSA) is 123 Å². The van der Waals surface area contributed by atoms with Crippen LogP contribution in [0.15, 0.2) is 47.0 Å². The lowest BCUT2D eigenvalue weighted by molar-refractivity contribution is -0.384. The van der Waals surface area contributed by atoms with Gasteiger partial charge in [0.05, 0.1) is 10.6 Å². The van der Waals surface area contributed by atoms with Crippen molar-refractivity contribution in [2.45, 2.75) is 25.8 Å². The van der Waals surface area contributed by atoms with Crippen molar-refractivity contribution in [3.63, 3.8) is 0 Å². The molecular weight excluding hydrogens is 362 g/mol. The number of aromatic nitrogens is 2. The predicted octanol–water partition coefficient (Wildman–Crippen LogP) is 3.78. The van der Waals surface area contributed by atoms with E-state index in [0.717, 1.165) is 12.8 Å². The normalized spacial score (nSPS) is 13.2. The third-order valence-electron chi connectivity index (χ3n) is 4.34. The monoisotopic (exact) mass is 379 g/mol. The summed E-state index contributed by atoms with van der Waals surface area (Å²) in [5.74, 6) is 0.294. The summed E-state index contributed by atoms with van der Waals surface area (Å²) >= 11 is 0. The summed E-state index contributed by atoms with van der Waals surface area (Å²) in [6, 6.07) is 11.7. The third-order valence-corrected chi connectivity index (χ3v) is 4.34. The van der Waals surface area contributed by atoms with Crippen LogP contribution in [0.1, 0.15) is 29.1 Å². The van der Waals surface area contributed by atoms with Crippen LogP contribution in [0.2, 0.25) is 0 Å². The van der Waals surface area contributed by atoms with E-state index in [-0.39, 0.29) is 17.3 Å². The Bertz CT molecular complexity index is 1060. The second-order valence-corrected chi connectivity index (χ2v) is 6.54. The number of nitrogens with one attached hydrogen (secondary N) is 2. The average molecular weight is 379 g/mol. The molecule has 0 spiro atoms. The van der Waals surface area contributed by atoms with Gasteiger partial charge in [-0.3, -0.25) is 14.9 Å². The largest absolute Gasteiger partial charge is 0.377 e. The number of carbonyl (C=O) groups excluding carboxylic acids is 1. The van der Waals surface area contributed by atoms with Gasteiger partial charge < -0.3 is 15.2 Å². The summed E-state index contributed by atoms with van der Waals surface area (Å²) in [7, 11) is 0. The van der Waals surface area contributed by atoms with Gasteiger partial charge in [-0.25, -0.2) is 0 Å². The van der Waals surface area contributed by atoms with Gasteiger partial charge in [0.25, 0.3) is 11.6 Å². The van der Waals surface area contributed by atoms with E-state index in [2.05, 4.69) is 20.8 Å². The van der Waals surface area contributed by atoms with E-state index >= 15 is 0 Å². The number of rotatable bonds is 6. The third kappa shape index (κ3) is 3.68. The Balaban J connectivity index is 1.61. The molecular formula is C19H17N5O4. The van der Waals surface area contributed by atoms with E-state index in [1.807, 2.05) is 0 Å². The first kappa shape index (κ1) is 17.7. The molecule has 9 heteroatoms. The number of nitro benzene ring substituents is 1. The van der Waals surface area contributed by atoms with Crippen LogP contribution in [0.25, 0.3) is 11.4 Å². The Kier molecular flexibility index (Phi) is 4.48. The molecule has 0 aliphatic heterocycles. The molecule has 1 amide bonds. The maximum absolute atomic E-state index is 12.7. The van der Waals surface area contributed by atoms with Crippen LogP contribution >= 0.6 is 0 Å². The highest BCUT2D eigenvalue weighted by atomic mass is 16.6. The van der Waals surface area contributed by atoms with Crippen LogP contribution in [0.4, 0.5) is 17.1 Å². The number of benzene rings is 2. The van der Waals surface area contributed by atoms with Gasteiger partial charge >= 0.3 is 0 Å². The number of nitro groups is 1. The molecule has 0 unspecified atom stereocenters. The lowest BCUT2D eigenvalue weighted by Gasteiger charge is -2.10. The first-order chi connectivity index (χ1) is 13.5. The Labute approximate surface area is 159 Å². The Morgan fingerprint density at radius 2 is 2.00 bits per heavy atom. The Morgan fingerprint density at radius 1 is 1.21 bits per heavy atom. The van der Waals surface area contributed by atoms with Crippen LogP contribution in [0, 0.1) is 17.0 Å². The molecule has 28 heavy (non-hydrogen) atoms.